The second-order valence-corrected chi connectivity index (χ2v) is 10.6. The highest BCUT2D eigenvalue weighted by Crippen LogP contribution is 2.31. The molecule has 1 saturated carbocycles. The highest BCUT2D eigenvalue weighted by molar-refractivity contribution is 7.87. The van der Waals surface area contributed by atoms with E-state index < -0.39 is 21.7 Å². The Kier molecular flexibility index (Phi) is 9.20. The summed E-state index contributed by atoms with van der Waals surface area (Å²) in [6.07, 6.45) is 9.13. The quantitative estimate of drug-likeness (QED) is 0.302. The number of amides is 1. The van der Waals surface area contributed by atoms with E-state index in [9.17, 15) is 13.2 Å². The zero-order valence-corrected chi connectivity index (χ0v) is 18.9. The molecule has 1 aliphatic rings. The molecule has 30 heavy (non-hydrogen) atoms. The van der Waals surface area contributed by atoms with Crippen LogP contribution in [0, 0.1) is 5.92 Å². The summed E-state index contributed by atoms with van der Waals surface area (Å²) in [6, 6.07) is 0. The van der Waals surface area contributed by atoms with Crippen molar-refractivity contribution in [1.29, 1.82) is 0 Å². The molecule has 4 N–H and O–H groups in total. The van der Waals surface area contributed by atoms with Gasteiger partial charge in [-0.15, -0.1) is 0 Å². The van der Waals surface area contributed by atoms with Crippen molar-refractivity contribution in [3.8, 4) is 0 Å². The molecule has 0 unspecified atom stereocenters. The summed E-state index contributed by atoms with van der Waals surface area (Å²) in [7, 11) is -3.72. The van der Waals surface area contributed by atoms with Gasteiger partial charge in [0.05, 0.1) is 6.54 Å². The minimum atomic E-state index is -3.72. The SMILES string of the molecule is CC(C)(C)NS(=O)(=O)NCc1noc([C@H](CCCC2CCCCC2)CC(=O)NO)n1. The zero-order valence-electron chi connectivity index (χ0n) is 18.1. The second-order valence-electron chi connectivity index (χ2n) is 9.10. The van der Waals surface area contributed by atoms with Crippen LogP contribution >= 0.6 is 0 Å². The maximum Gasteiger partial charge on any atom is 0.277 e. The molecule has 1 fully saturated rings. The molecule has 1 aliphatic carbocycles. The third kappa shape index (κ3) is 9.07. The van der Waals surface area contributed by atoms with E-state index in [0.29, 0.717) is 6.42 Å². The zero-order chi connectivity index (χ0) is 22.2. The van der Waals surface area contributed by atoms with E-state index in [1.54, 1.807) is 26.3 Å². The molecular formula is C19H35N5O5S. The molecule has 0 aliphatic heterocycles. The van der Waals surface area contributed by atoms with Crippen LogP contribution in [0.25, 0.3) is 0 Å². The van der Waals surface area contributed by atoms with Crippen LogP contribution in [0.2, 0.25) is 0 Å². The van der Waals surface area contributed by atoms with Gasteiger partial charge in [0.15, 0.2) is 5.82 Å². The molecule has 1 aromatic heterocycles. The number of nitrogens with zero attached hydrogens (tertiary/aromatic N) is 2. The van der Waals surface area contributed by atoms with Gasteiger partial charge in [-0.3, -0.25) is 10.0 Å². The summed E-state index contributed by atoms with van der Waals surface area (Å²) in [5.74, 6) is 0.346. The Balaban J connectivity index is 1.94. The fourth-order valence-corrected chi connectivity index (χ4v) is 5.01. The summed E-state index contributed by atoms with van der Waals surface area (Å²) in [4.78, 5) is 16.0. The predicted molar refractivity (Wildman–Crippen MR) is 111 cm³/mol. The lowest BCUT2D eigenvalue weighted by atomic mass is 9.84. The van der Waals surface area contributed by atoms with E-state index in [4.69, 9.17) is 9.73 Å². The normalized spacial score (nSPS) is 17.1. The highest BCUT2D eigenvalue weighted by Gasteiger charge is 2.24. The van der Waals surface area contributed by atoms with Crippen LogP contribution in [-0.2, 0) is 21.5 Å². The molecule has 11 heteroatoms. The van der Waals surface area contributed by atoms with Crippen LogP contribution < -0.4 is 14.9 Å². The number of carbonyl (C=O) groups is 1. The van der Waals surface area contributed by atoms with Crippen LogP contribution in [-0.4, -0.2) is 35.2 Å². The van der Waals surface area contributed by atoms with Gasteiger partial charge >= 0.3 is 0 Å². The third-order valence-electron chi connectivity index (χ3n) is 5.14. The first-order valence-corrected chi connectivity index (χ1v) is 12.1. The molecule has 0 radical (unpaired) electrons. The lowest BCUT2D eigenvalue weighted by Crippen LogP contribution is -2.46. The predicted octanol–water partition coefficient (Wildman–Crippen LogP) is 2.52. The van der Waals surface area contributed by atoms with Crippen LogP contribution in [0.5, 0.6) is 0 Å². The summed E-state index contributed by atoms with van der Waals surface area (Å²) in [6.45, 7) is 5.09. The average molecular weight is 446 g/mol. The molecule has 0 bridgehead atoms. The van der Waals surface area contributed by atoms with Gasteiger partial charge in [0.25, 0.3) is 10.2 Å². The Morgan fingerprint density at radius 3 is 2.60 bits per heavy atom. The van der Waals surface area contributed by atoms with Crippen LogP contribution in [0.4, 0.5) is 0 Å². The van der Waals surface area contributed by atoms with Gasteiger partial charge in [0.2, 0.25) is 11.8 Å². The van der Waals surface area contributed by atoms with Crippen molar-refractivity contribution in [2.45, 2.75) is 96.6 Å². The number of carbonyl (C=O) groups excluding carboxylic acids is 1. The van der Waals surface area contributed by atoms with Gasteiger partial charge in [0.1, 0.15) is 0 Å². The topological polar surface area (TPSA) is 146 Å². The summed E-state index contributed by atoms with van der Waals surface area (Å²) in [5, 5.41) is 12.7. The Morgan fingerprint density at radius 1 is 1.27 bits per heavy atom. The monoisotopic (exact) mass is 445 g/mol. The highest BCUT2D eigenvalue weighted by atomic mass is 32.2. The van der Waals surface area contributed by atoms with Gasteiger partial charge < -0.3 is 4.52 Å². The number of aromatic nitrogens is 2. The first-order chi connectivity index (χ1) is 14.1. The molecule has 2 rings (SSSR count). The number of nitrogens with one attached hydrogen (secondary N) is 3. The average Bonchev–Trinajstić information content (AvgIpc) is 3.13. The lowest BCUT2D eigenvalue weighted by molar-refractivity contribution is -0.129. The van der Waals surface area contributed by atoms with Crippen molar-refractivity contribution < 1.29 is 22.9 Å². The van der Waals surface area contributed by atoms with Gasteiger partial charge in [0, 0.05) is 17.9 Å². The van der Waals surface area contributed by atoms with Crippen molar-refractivity contribution in [1.82, 2.24) is 25.1 Å². The fourth-order valence-electron chi connectivity index (χ4n) is 3.81. The van der Waals surface area contributed by atoms with Crippen molar-refractivity contribution in [2.75, 3.05) is 0 Å². The molecule has 1 atom stereocenters. The van der Waals surface area contributed by atoms with Gasteiger partial charge in [-0.25, -0.2) is 5.48 Å². The molecule has 0 saturated heterocycles. The molecule has 10 nitrogen and oxygen atoms in total. The van der Waals surface area contributed by atoms with Crippen LogP contribution in [0.1, 0.15) is 96.2 Å². The number of hydrogen-bond acceptors (Lipinski definition) is 7. The summed E-state index contributed by atoms with van der Waals surface area (Å²) >= 11 is 0. The minimum Gasteiger partial charge on any atom is -0.339 e. The fraction of sp³-hybridized carbons (Fsp3) is 0.842. The van der Waals surface area contributed by atoms with Crippen molar-refractivity contribution in [3.63, 3.8) is 0 Å². The first-order valence-electron chi connectivity index (χ1n) is 10.6. The smallest absolute Gasteiger partial charge is 0.277 e. The Labute approximate surface area is 178 Å². The van der Waals surface area contributed by atoms with Crippen molar-refractivity contribution in [3.05, 3.63) is 11.7 Å². The van der Waals surface area contributed by atoms with E-state index in [0.717, 1.165) is 18.8 Å². The molecule has 172 valence electrons. The number of rotatable bonds is 11. The third-order valence-corrected chi connectivity index (χ3v) is 6.55. The number of hydroxylamine groups is 1. The molecule has 0 spiro atoms. The molecular weight excluding hydrogens is 410 g/mol. The second kappa shape index (κ2) is 11.2. The number of hydrogen-bond donors (Lipinski definition) is 4. The maximum absolute atomic E-state index is 12.0. The minimum absolute atomic E-state index is 0.0279. The van der Waals surface area contributed by atoms with E-state index in [1.165, 1.54) is 32.1 Å². The molecule has 1 aromatic rings. The van der Waals surface area contributed by atoms with E-state index in [-0.39, 0.29) is 30.6 Å². The largest absolute Gasteiger partial charge is 0.339 e. The standard InChI is InChI=1S/C19H35N5O5S/c1-19(2,3)24-30(27,28)20-13-16-21-18(29-23-16)15(12-17(25)22-26)11-7-10-14-8-5-4-6-9-14/h14-15,20,24,26H,4-13H2,1-3H3,(H,22,25)/t15-/m1/s1. The first kappa shape index (κ1) is 24.7. The molecule has 1 amide bonds. The van der Waals surface area contributed by atoms with Gasteiger partial charge in [-0.2, -0.15) is 22.8 Å². The van der Waals surface area contributed by atoms with Gasteiger partial charge in [-0.1, -0.05) is 50.1 Å². The van der Waals surface area contributed by atoms with E-state index >= 15 is 0 Å². The Hall–Kier alpha value is -1.56. The lowest BCUT2D eigenvalue weighted by Gasteiger charge is -2.22. The Morgan fingerprint density at radius 2 is 1.97 bits per heavy atom. The van der Waals surface area contributed by atoms with E-state index in [1.807, 2.05) is 0 Å². The van der Waals surface area contributed by atoms with E-state index in [2.05, 4.69) is 19.6 Å². The Bertz CT molecular complexity index is 769. The molecule has 1 heterocycles. The summed E-state index contributed by atoms with van der Waals surface area (Å²) < 4.78 is 34.3. The van der Waals surface area contributed by atoms with Crippen molar-refractivity contribution in [2.24, 2.45) is 5.92 Å². The van der Waals surface area contributed by atoms with Crippen LogP contribution in [0.15, 0.2) is 4.52 Å². The van der Waals surface area contributed by atoms with Crippen LogP contribution in [0.3, 0.4) is 0 Å². The summed E-state index contributed by atoms with van der Waals surface area (Å²) in [5.41, 5.74) is 1.03. The maximum atomic E-state index is 12.0. The molecule has 0 aromatic carbocycles. The van der Waals surface area contributed by atoms with Gasteiger partial charge in [-0.05, 0) is 33.1 Å². The van der Waals surface area contributed by atoms with Crippen molar-refractivity contribution >= 4 is 16.1 Å².